The number of nitriles is 2. The van der Waals surface area contributed by atoms with Gasteiger partial charge in [0.05, 0.1) is 12.1 Å². The Kier molecular flexibility index (Phi) is 4.43. The van der Waals surface area contributed by atoms with Gasteiger partial charge in [-0.3, -0.25) is 0 Å². The van der Waals surface area contributed by atoms with E-state index >= 15 is 0 Å². The minimum absolute atomic E-state index is 0.334. The van der Waals surface area contributed by atoms with E-state index in [0.29, 0.717) is 11.8 Å². The number of hydrogen-bond donors (Lipinski definition) is 0. The third-order valence-corrected chi connectivity index (χ3v) is 4.73. The van der Waals surface area contributed by atoms with Gasteiger partial charge < -0.3 is 0 Å². The molecule has 0 N–H and O–H groups in total. The van der Waals surface area contributed by atoms with Crippen molar-refractivity contribution in [3.05, 3.63) is 0 Å². The predicted octanol–water partition coefficient (Wildman–Crippen LogP) is 4.04. The van der Waals surface area contributed by atoms with Crippen molar-refractivity contribution in [3.63, 3.8) is 0 Å². The average molecular weight is 230 g/mol. The lowest BCUT2D eigenvalue weighted by molar-refractivity contribution is 0.216. The van der Waals surface area contributed by atoms with Crippen LogP contribution in [-0.2, 0) is 0 Å². The summed E-state index contributed by atoms with van der Waals surface area (Å²) in [4.78, 5) is 0. The molecule has 2 rings (SSSR count). The molecule has 0 spiro atoms. The zero-order valence-electron chi connectivity index (χ0n) is 10.6. The molecule has 0 amide bonds. The molecule has 0 unspecified atom stereocenters. The van der Waals surface area contributed by atoms with Gasteiger partial charge in [-0.05, 0) is 69.6 Å². The second-order valence-corrected chi connectivity index (χ2v) is 5.93. The molecule has 2 nitrogen and oxygen atoms in total. The lowest BCUT2D eigenvalue weighted by Crippen LogP contribution is -2.20. The lowest BCUT2D eigenvalue weighted by Gasteiger charge is -2.31. The van der Waals surface area contributed by atoms with Crippen molar-refractivity contribution in [2.75, 3.05) is 0 Å². The molecule has 2 heteroatoms. The molecule has 92 valence electrons. The van der Waals surface area contributed by atoms with Crippen molar-refractivity contribution >= 4 is 0 Å². The van der Waals surface area contributed by atoms with Gasteiger partial charge in [0, 0.05) is 11.8 Å². The van der Waals surface area contributed by atoms with Gasteiger partial charge in [-0.15, -0.1) is 0 Å². The minimum Gasteiger partial charge on any atom is -0.198 e. The summed E-state index contributed by atoms with van der Waals surface area (Å²) in [6.07, 6.45) is 10.9. The van der Waals surface area contributed by atoms with E-state index in [0.717, 1.165) is 37.5 Å². The van der Waals surface area contributed by atoms with Crippen LogP contribution in [0.4, 0.5) is 0 Å². The molecule has 0 aromatic carbocycles. The first-order chi connectivity index (χ1) is 8.31. The highest BCUT2D eigenvalue weighted by Gasteiger charge is 2.26. The van der Waals surface area contributed by atoms with Crippen LogP contribution in [0.25, 0.3) is 0 Å². The zero-order valence-corrected chi connectivity index (χ0v) is 10.6. The maximum Gasteiger partial charge on any atom is 0.0655 e. The minimum atomic E-state index is 0.334. The van der Waals surface area contributed by atoms with Crippen molar-refractivity contribution in [1.82, 2.24) is 0 Å². The quantitative estimate of drug-likeness (QED) is 0.718. The van der Waals surface area contributed by atoms with E-state index in [1.54, 1.807) is 0 Å². The summed E-state index contributed by atoms with van der Waals surface area (Å²) < 4.78 is 0. The first kappa shape index (κ1) is 12.4. The summed E-state index contributed by atoms with van der Waals surface area (Å²) in [5.74, 6) is 2.40. The monoisotopic (exact) mass is 230 g/mol. The van der Waals surface area contributed by atoms with Crippen LogP contribution in [-0.4, -0.2) is 0 Å². The largest absolute Gasteiger partial charge is 0.198 e. The van der Waals surface area contributed by atoms with Crippen LogP contribution in [0.1, 0.15) is 57.8 Å². The maximum atomic E-state index is 8.87. The van der Waals surface area contributed by atoms with Gasteiger partial charge in [0.1, 0.15) is 0 Å². The summed E-state index contributed by atoms with van der Waals surface area (Å²) in [5, 5.41) is 17.7. The van der Waals surface area contributed by atoms with Gasteiger partial charge in [-0.1, -0.05) is 0 Å². The molecule has 2 saturated carbocycles. The number of hydrogen-bond acceptors (Lipinski definition) is 2. The summed E-state index contributed by atoms with van der Waals surface area (Å²) in [6, 6.07) is 4.81. The Labute approximate surface area is 105 Å². The fourth-order valence-electron chi connectivity index (χ4n) is 3.53. The first-order valence-corrected chi connectivity index (χ1v) is 7.11. The smallest absolute Gasteiger partial charge is 0.0655 e. The zero-order chi connectivity index (χ0) is 12.1. The molecule has 0 heterocycles. The Morgan fingerprint density at radius 1 is 0.647 bits per heavy atom. The molecule has 0 saturated heterocycles. The Morgan fingerprint density at radius 2 is 1.00 bits per heavy atom. The normalized spacial score (nSPS) is 38.0. The van der Waals surface area contributed by atoms with Crippen molar-refractivity contribution in [2.24, 2.45) is 23.7 Å². The van der Waals surface area contributed by atoms with Gasteiger partial charge in [0.2, 0.25) is 0 Å². The highest BCUT2D eigenvalue weighted by molar-refractivity contribution is 4.90. The van der Waals surface area contributed by atoms with Gasteiger partial charge in [0.15, 0.2) is 0 Å². The van der Waals surface area contributed by atoms with E-state index in [2.05, 4.69) is 12.1 Å². The van der Waals surface area contributed by atoms with Crippen molar-refractivity contribution < 1.29 is 0 Å². The lowest BCUT2D eigenvalue weighted by atomic mass is 9.74. The molecular formula is C15H22N2. The molecule has 17 heavy (non-hydrogen) atoms. The van der Waals surface area contributed by atoms with Gasteiger partial charge >= 0.3 is 0 Å². The highest BCUT2D eigenvalue weighted by atomic mass is 14.3. The third kappa shape index (κ3) is 3.47. The van der Waals surface area contributed by atoms with Crippen LogP contribution >= 0.6 is 0 Å². The maximum absolute atomic E-state index is 8.87. The summed E-state index contributed by atoms with van der Waals surface area (Å²) in [5.41, 5.74) is 0. The molecule has 0 aromatic rings. The molecular weight excluding hydrogens is 208 g/mol. The van der Waals surface area contributed by atoms with Crippen LogP contribution < -0.4 is 0 Å². The molecule has 0 aromatic heterocycles. The first-order valence-electron chi connectivity index (χ1n) is 7.11. The molecule has 2 aliphatic carbocycles. The summed E-state index contributed by atoms with van der Waals surface area (Å²) in [6.45, 7) is 0. The van der Waals surface area contributed by atoms with Crippen LogP contribution in [0.5, 0.6) is 0 Å². The predicted molar refractivity (Wildman–Crippen MR) is 66.7 cm³/mol. The second kappa shape index (κ2) is 6.06. The highest BCUT2D eigenvalue weighted by Crippen LogP contribution is 2.37. The van der Waals surface area contributed by atoms with E-state index in [1.807, 2.05) is 0 Å². The third-order valence-electron chi connectivity index (χ3n) is 4.73. The van der Waals surface area contributed by atoms with E-state index in [-0.39, 0.29) is 0 Å². The molecule has 2 fully saturated rings. The van der Waals surface area contributed by atoms with E-state index in [4.69, 9.17) is 10.5 Å². The van der Waals surface area contributed by atoms with E-state index in [9.17, 15) is 0 Å². The summed E-state index contributed by atoms with van der Waals surface area (Å²) in [7, 11) is 0. The summed E-state index contributed by atoms with van der Waals surface area (Å²) >= 11 is 0. The fraction of sp³-hybridized carbons (Fsp3) is 0.867. The van der Waals surface area contributed by atoms with Crippen LogP contribution in [0.15, 0.2) is 0 Å². The fourth-order valence-corrected chi connectivity index (χ4v) is 3.53. The Hall–Kier alpha value is -1.02. The van der Waals surface area contributed by atoms with Crippen LogP contribution in [0.2, 0.25) is 0 Å². The van der Waals surface area contributed by atoms with Crippen molar-refractivity contribution in [3.8, 4) is 12.1 Å². The molecule has 0 radical (unpaired) electrons. The molecule has 0 aliphatic heterocycles. The average Bonchev–Trinajstić information content (AvgIpc) is 2.40. The Balaban J connectivity index is 1.69. The van der Waals surface area contributed by atoms with E-state index < -0.39 is 0 Å². The van der Waals surface area contributed by atoms with Crippen molar-refractivity contribution in [1.29, 1.82) is 10.5 Å². The Morgan fingerprint density at radius 3 is 1.29 bits per heavy atom. The number of nitrogens with zero attached hydrogens (tertiary/aromatic N) is 2. The second-order valence-electron chi connectivity index (χ2n) is 5.93. The number of rotatable bonds is 2. The topological polar surface area (TPSA) is 47.6 Å². The van der Waals surface area contributed by atoms with Crippen LogP contribution in [0.3, 0.4) is 0 Å². The SMILES string of the molecule is N#C[C@H]1CC[C@H](C[C@H]2CC[C@H](C#N)CC2)CC1. The van der Waals surface area contributed by atoms with E-state index in [1.165, 1.54) is 32.1 Å². The van der Waals surface area contributed by atoms with Crippen molar-refractivity contribution in [2.45, 2.75) is 57.8 Å². The molecule has 2 aliphatic rings. The van der Waals surface area contributed by atoms with Gasteiger partial charge in [-0.2, -0.15) is 10.5 Å². The Bertz CT molecular complexity index is 275. The van der Waals surface area contributed by atoms with Gasteiger partial charge in [0.25, 0.3) is 0 Å². The standard InChI is InChI=1S/C15H22N2/c16-10-14-5-1-12(2-6-14)9-13-3-7-15(11-17)8-4-13/h12-15H,1-9H2/t12-,13-,14-,15-. The molecule has 0 atom stereocenters. The molecule has 0 bridgehead atoms. The van der Waals surface area contributed by atoms with Gasteiger partial charge in [-0.25, -0.2) is 0 Å². The van der Waals surface area contributed by atoms with Crippen LogP contribution in [0, 0.1) is 46.3 Å².